The van der Waals surface area contributed by atoms with E-state index in [0.717, 1.165) is 0 Å². The molecule has 1 amide bonds. The zero-order valence-electron chi connectivity index (χ0n) is 11.4. The van der Waals surface area contributed by atoms with Crippen LogP contribution in [0.3, 0.4) is 0 Å². The quantitative estimate of drug-likeness (QED) is 0.649. The van der Waals surface area contributed by atoms with Crippen molar-refractivity contribution in [3.8, 4) is 0 Å². The molecule has 22 heavy (non-hydrogen) atoms. The van der Waals surface area contributed by atoms with Gasteiger partial charge >= 0.3 is 5.97 Å². The smallest absolute Gasteiger partial charge is 0.325 e. The largest absolute Gasteiger partial charge is 0.456 e. The molecule has 0 aliphatic carbocycles. The number of nitrogens with one attached hydrogen (secondary N) is 1. The Hall–Kier alpha value is -2.18. The fraction of sp³-hybridized carbons (Fsp3) is 0.133. The maximum Gasteiger partial charge on any atom is 0.325 e. The second kappa shape index (κ2) is 7.72. The molecule has 0 saturated heterocycles. The Morgan fingerprint density at radius 3 is 2.50 bits per heavy atom. The lowest BCUT2D eigenvalue weighted by Gasteiger charge is -2.06. The Morgan fingerprint density at radius 2 is 1.86 bits per heavy atom. The molecule has 0 saturated carbocycles. The number of carbonyl (C=O) groups excluding carboxylic acids is 3. The second-order valence-corrected chi connectivity index (χ2v) is 5.63. The Balaban J connectivity index is 1.74. The molecule has 2 rings (SSSR count). The van der Waals surface area contributed by atoms with Gasteiger partial charge in [-0.15, -0.1) is 11.3 Å². The van der Waals surface area contributed by atoms with Gasteiger partial charge in [-0.2, -0.15) is 0 Å². The Bertz CT molecular complexity index is 667. The summed E-state index contributed by atoms with van der Waals surface area (Å²) in [5.41, 5.74) is 0.381. The van der Waals surface area contributed by atoms with Gasteiger partial charge in [-0.25, -0.2) is 0 Å². The number of esters is 1. The average Bonchev–Trinajstić information content (AvgIpc) is 3.05. The molecular formula is C15H12ClNO4S. The maximum absolute atomic E-state index is 11.8. The molecule has 0 spiro atoms. The first-order valence-electron chi connectivity index (χ1n) is 6.32. The lowest BCUT2D eigenvalue weighted by Crippen LogP contribution is -2.31. The third kappa shape index (κ3) is 4.68. The van der Waals surface area contributed by atoms with Crippen LogP contribution in [0.5, 0.6) is 0 Å². The molecule has 0 fully saturated rings. The molecule has 1 aromatic heterocycles. The highest BCUT2D eigenvalue weighted by Gasteiger charge is 2.12. The second-order valence-electron chi connectivity index (χ2n) is 4.25. The fourth-order valence-corrected chi connectivity index (χ4v) is 2.34. The molecule has 5 nitrogen and oxygen atoms in total. The van der Waals surface area contributed by atoms with Gasteiger partial charge in [0.05, 0.1) is 4.88 Å². The highest BCUT2D eigenvalue weighted by Crippen LogP contribution is 2.10. The molecule has 7 heteroatoms. The van der Waals surface area contributed by atoms with Gasteiger partial charge < -0.3 is 10.1 Å². The first kappa shape index (κ1) is 16.2. The van der Waals surface area contributed by atoms with E-state index in [0.29, 0.717) is 15.5 Å². The van der Waals surface area contributed by atoms with Crippen molar-refractivity contribution < 1.29 is 19.1 Å². The van der Waals surface area contributed by atoms with E-state index in [1.54, 1.807) is 41.8 Å². The van der Waals surface area contributed by atoms with Crippen LogP contribution < -0.4 is 5.32 Å². The standard InChI is InChI=1S/C15H12ClNO4S/c16-11-5-3-10(4-6-11)15(20)17-8-14(19)21-9-12(18)13-2-1-7-22-13/h1-7H,8-9H2,(H,17,20). The molecule has 0 atom stereocenters. The first-order valence-corrected chi connectivity index (χ1v) is 7.58. The molecule has 2 aromatic rings. The number of amides is 1. The number of thiophene rings is 1. The van der Waals surface area contributed by atoms with Crippen LogP contribution >= 0.6 is 22.9 Å². The number of rotatable bonds is 6. The van der Waals surface area contributed by atoms with Crippen molar-refractivity contribution in [1.29, 1.82) is 0 Å². The number of Topliss-reactive ketones (excluding diaryl/α,β-unsaturated/α-hetero) is 1. The van der Waals surface area contributed by atoms with E-state index in [-0.39, 0.29) is 18.9 Å². The van der Waals surface area contributed by atoms with E-state index < -0.39 is 11.9 Å². The van der Waals surface area contributed by atoms with Gasteiger partial charge in [0.25, 0.3) is 5.91 Å². The summed E-state index contributed by atoms with van der Waals surface area (Å²) in [7, 11) is 0. The summed E-state index contributed by atoms with van der Waals surface area (Å²) in [6.07, 6.45) is 0. The number of halogens is 1. The topological polar surface area (TPSA) is 72.5 Å². The van der Waals surface area contributed by atoms with E-state index in [1.165, 1.54) is 11.3 Å². The molecule has 0 unspecified atom stereocenters. The molecule has 1 N–H and O–H groups in total. The third-order valence-corrected chi connectivity index (χ3v) is 3.82. The predicted molar refractivity (Wildman–Crippen MR) is 83.4 cm³/mol. The molecule has 1 aromatic carbocycles. The van der Waals surface area contributed by atoms with Gasteiger partial charge in [0.2, 0.25) is 5.78 Å². The van der Waals surface area contributed by atoms with Crippen molar-refractivity contribution in [3.05, 3.63) is 57.2 Å². The highest BCUT2D eigenvalue weighted by molar-refractivity contribution is 7.12. The number of hydrogen-bond donors (Lipinski definition) is 1. The van der Waals surface area contributed by atoms with E-state index in [2.05, 4.69) is 5.32 Å². The molecule has 114 valence electrons. The molecular weight excluding hydrogens is 326 g/mol. The third-order valence-electron chi connectivity index (χ3n) is 2.66. The highest BCUT2D eigenvalue weighted by atomic mass is 35.5. The van der Waals surface area contributed by atoms with Crippen LogP contribution in [-0.4, -0.2) is 30.8 Å². The zero-order valence-corrected chi connectivity index (χ0v) is 12.9. The van der Waals surface area contributed by atoms with Crippen molar-refractivity contribution in [2.75, 3.05) is 13.2 Å². The number of benzene rings is 1. The Kier molecular flexibility index (Phi) is 5.68. The summed E-state index contributed by atoms with van der Waals surface area (Å²) in [6, 6.07) is 9.64. The van der Waals surface area contributed by atoms with Crippen LogP contribution in [0.2, 0.25) is 5.02 Å². The molecule has 0 aliphatic rings. The van der Waals surface area contributed by atoms with Crippen LogP contribution in [0, 0.1) is 0 Å². The monoisotopic (exact) mass is 337 g/mol. The lowest BCUT2D eigenvalue weighted by molar-refractivity contribution is -0.141. The van der Waals surface area contributed by atoms with Crippen molar-refractivity contribution in [3.63, 3.8) is 0 Å². The first-order chi connectivity index (χ1) is 10.6. The van der Waals surface area contributed by atoms with Gasteiger partial charge in [-0.1, -0.05) is 17.7 Å². The summed E-state index contributed by atoms with van der Waals surface area (Å²) in [5, 5.41) is 4.69. The van der Waals surface area contributed by atoms with Crippen molar-refractivity contribution in [2.24, 2.45) is 0 Å². The minimum Gasteiger partial charge on any atom is -0.456 e. The van der Waals surface area contributed by atoms with E-state index in [9.17, 15) is 14.4 Å². The van der Waals surface area contributed by atoms with Gasteiger partial charge in [-0.3, -0.25) is 14.4 Å². The lowest BCUT2D eigenvalue weighted by atomic mass is 10.2. The van der Waals surface area contributed by atoms with E-state index >= 15 is 0 Å². The van der Waals surface area contributed by atoms with Crippen molar-refractivity contribution >= 4 is 40.6 Å². The minimum atomic E-state index is -0.674. The molecule has 0 bridgehead atoms. The molecule has 0 aliphatic heterocycles. The Labute approximate surface area is 135 Å². The number of hydrogen-bond acceptors (Lipinski definition) is 5. The SMILES string of the molecule is O=C(CNC(=O)c1ccc(Cl)cc1)OCC(=O)c1cccs1. The fourth-order valence-electron chi connectivity index (χ4n) is 1.56. The van der Waals surface area contributed by atoms with Crippen LogP contribution in [0.15, 0.2) is 41.8 Å². The van der Waals surface area contributed by atoms with Gasteiger partial charge in [0, 0.05) is 10.6 Å². The number of ether oxygens (including phenoxy) is 1. The van der Waals surface area contributed by atoms with Crippen LogP contribution in [0.4, 0.5) is 0 Å². The van der Waals surface area contributed by atoms with Crippen molar-refractivity contribution in [1.82, 2.24) is 5.32 Å². The molecule has 1 heterocycles. The molecule has 0 radical (unpaired) electrons. The van der Waals surface area contributed by atoms with Gasteiger partial charge in [-0.05, 0) is 35.7 Å². The summed E-state index contributed by atoms with van der Waals surface area (Å²) in [5.74, 6) is -1.36. The minimum absolute atomic E-state index is 0.271. The maximum atomic E-state index is 11.8. The van der Waals surface area contributed by atoms with Crippen molar-refractivity contribution in [2.45, 2.75) is 0 Å². The summed E-state index contributed by atoms with van der Waals surface area (Å²) >= 11 is 7.00. The zero-order chi connectivity index (χ0) is 15.9. The predicted octanol–water partition coefficient (Wildman–Crippen LogP) is 2.56. The van der Waals surface area contributed by atoms with Gasteiger partial charge in [0.1, 0.15) is 6.54 Å². The summed E-state index contributed by atoms with van der Waals surface area (Å²) < 4.78 is 4.82. The van der Waals surface area contributed by atoms with Gasteiger partial charge in [0.15, 0.2) is 6.61 Å². The summed E-state index contributed by atoms with van der Waals surface area (Å²) in [4.78, 5) is 35.4. The summed E-state index contributed by atoms with van der Waals surface area (Å²) in [6.45, 7) is -0.644. The van der Waals surface area contributed by atoms with E-state index in [4.69, 9.17) is 16.3 Å². The van der Waals surface area contributed by atoms with Crippen LogP contribution in [-0.2, 0) is 9.53 Å². The van der Waals surface area contributed by atoms with E-state index in [1.807, 2.05) is 0 Å². The number of ketones is 1. The normalized spacial score (nSPS) is 10.0. The van der Waals surface area contributed by atoms with Crippen LogP contribution in [0.1, 0.15) is 20.0 Å². The van der Waals surface area contributed by atoms with Crippen LogP contribution in [0.25, 0.3) is 0 Å². The average molecular weight is 338 g/mol. The number of carbonyl (C=O) groups is 3. The Morgan fingerprint density at radius 1 is 1.14 bits per heavy atom.